The van der Waals surface area contributed by atoms with E-state index in [1.165, 1.54) is 11.1 Å². The third-order valence-corrected chi connectivity index (χ3v) is 3.62. The summed E-state index contributed by atoms with van der Waals surface area (Å²) in [5.41, 5.74) is 5.60. The standard InChI is InChI=1S/C13H14N2OS/c1-2-4-12-10(3-1)6-16-7-13(12)14-5-11-8-17-9-15-11/h1-4,8-9,13-14H,5-7H2. The number of nitrogens with one attached hydrogen (secondary N) is 1. The predicted octanol–water partition coefficient (Wildman–Crippen LogP) is 2.50. The number of thiazole rings is 1. The summed E-state index contributed by atoms with van der Waals surface area (Å²) in [5.74, 6) is 0. The van der Waals surface area contributed by atoms with Crippen molar-refractivity contribution in [1.29, 1.82) is 0 Å². The minimum Gasteiger partial charge on any atom is -0.375 e. The zero-order valence-electron chi connectivity index (χ0n) is 9.43. The highest BCUT2D eigenvalue weighted by atomic mass is 32.1. The summed E-state index contributed by atoms with van der Waals surface area (Å²) in [4.78, 5) is 4.27. The fourth-order valence-corrected chi connectivity index (χ4v) is 2.66. The van der Waals surface area contributed by atoms with Crippen molar-refractivity contribution in [3.05, 3.63) is 52.0 Å². The lowest BCUT2D eigenvalue weighted by Gasteiger charge is -2.26. The van der Waals surface area contributed by atoms with E-state index in [-0.39, 0.29) is 6.04 Å². The van der Waals surface area contributed by atoms with Crippen LogP contribution in [0.2, 0.25) is 0 Å². The molecule has 0 bridgehead atoms. The average Bonchev–Trinajstić information content (AvgIpc) is 2.89. The number of benzene rings is 1. The summed E-state index contributed by atoms with van der Waals surface area (Å²) >= 11 is 1.63. The van der Waals surface area contributed by atoms with Crippen LogP contribution in [0, 0.1) is 0 Å². The van der Waals surface area contributed by atoms with Gasteiger partial charge >= 0.3 is 0 Å². The smallest absolute Gasteiger partial charge is 0.0795 e. The van der Waals surface area contributed by atoms with E-state index in [1.54, 1.807) is 11.3 Å². The summed E-state index contributed by atoms with van der Waals surface area (Å²) in [7, 11) is 0. The fraction of sp³-hybridized carbons (Fsp3) is 0.308. The molecule has 0 amide bonds. The Balaban J connectivity index is 1.72. The Bertz CT molecular complexity index is 484. The van der Waals surface area contributed by atoms with Crippen LogP contribution in [-0.2, 0) is 17.9 Å². The van der Waals surface area contributed by atoms with Gasteiger partial charge in [-0.15, -0.1) is 11.3 Å². The van der Waals surface area contributed by atoms with Crippen molar-refractivity contribution >= 4 is 11.3 Å². The number of hydrogen-bond donors (Lipinski definition) is 1. The molecule has 4 heteroatoms. The normalized spacial score (nSPS) is 18.9. The molecular formula is C13H14N2OS. The predicted molar refractivity (Wildman–Crippen MR) is 67.8 cm³/mol. The van der Waals surface area contributed by atoms with Crippen LogP contribution in [0.15, 0.2) is 35.2 Å². The van der Waals surface area contributed by atoms with E-state index in [0.717, 1.165) is 25.5 Å². The van der Waals surface area contributed by atoms with Crippen LogP contribution in [0.25, 0.3) is 0 Å². The molecule has 3 nitrogen and oxygen atoms in total. The number of fused-ring (bicyclic) bond motifs is 1. The molecule has 1 unspecified atom stereocenters. The van der Waals surface area contributed by atoms with Crippen molar-refractivity contribution in [1.82, 2.24) is 10.3 Å². The molecule has 2 heterocycles. The largest absolute Gasteiger partial charge is 0.375 e. The van der Waals surface area contributed by atoms with Gasteiger partial charge in [0.25, 0.3) is 0 Å². The number of ether oxygens (including phenoxy) is 1. The third kappa shape index (κ3) is 2.39. The summed E-state index contributed by atoms with van der Waals surface area (Å²) in [5, 5.41) is 5.57. The Morgan fingerprint density at radius 3 is 3.24 bits per heavy atom. The van der Waals surface area contributed by atoms with Gasteiger partial charge in [0, 0.05) is 11.9 Å². The van der Waals surface area contributed by atoms with Crippen LogP contribution in [0.5, 0.6) is 0 Å². The fourth-order valence-electron chi connectivity index (χ4n) is 2.10. The van der Waals surface area contributed by atoms with Gasteiger partial charge < -0.3 is 10.1 Å². The maximum absolute atomic E-state index is 5.60. The second-order valence-corrected chi connectivity index (χ2v) is 4.85. The highest BCUT2D eigenvalue weighted by molar-refractivity contribution is 7.07. The Morgan fingerprint density at radius 2 is 2.35 bits per heavy atom. The van der Waals surface area contributed by atoms with E-state index in [0.29, 0.717) is 0 Å². The lowest BCUT2D eigenvalue weighted by atomic mass is 9.99. The van der Waals surface area contributed by atoms with Gasteiger partial charge in [0.15, 0.2) is 0 Å². The molecule has 0 aliphatic carbocycles. The van der Waals surface area contributed by atoms with Gasteiger partial charge in [-0.2, -0.15) is 0 Å². The van der Waals surface area contributed by atoms with Gasteiger partial charge in [0.05, 0.1) is 30.5 Å². The van der Waals surface area contributed by atoms with Gasteiger partial charge in [-0.3, -0.25) is 0 Å². The minimum atomic E-state index is 0.279. The summed E-state index contributed by atoms with van der Waals surface area (Å²) in [6, 6.07) is 8.73. The van der Waals surface area contributed by atoms with Crippen molar-refractivity contribution in [2.75, 3.05) is 6.61 Å². The molecule has 0 radical (unpaired) electrons. The van der Waals surface area contributed by atoms with Crippen molar-refractivity contribution < 1.29 is 4.74 Å². The molecule has 1 atom stereocenters. The van der Waals surface area contributed by atoms with Crippen molar-refractivity contribution in [3.63, 3.8) is 0 Å². The van der Waals surface area contributed by atoms with Gasteiger partial charge in [-0.25, -0.2) is 4.98 Å². The number of nitrogens with zero attached hydrogens (tertiary/aromatic N) is 1. The Kier molecular flexibility index (Phi) is 3.18. The van der Waals surface area contributed by atoms with Gasteiger partial charge in [0.2, 0.25) is 0 Å². The first-order valence-electron chi connectivity index (χ1n) is 5.69. The molecule has 1 aliphatic rings. The summed E-state index contributed by atoms with van der Waals surface area (Å²) < 4.78 is 5.60. The quantitative estimate of drug-likeness (QED) is 0.903. The summed E-state index contributed by atoms with van der Waals surface area (Å²) in [6.45, 7) is 2.26. The first-order chi connectivity index (χ1) is 8.43. The van der Waals surface area contributed by atoms with Crippen molar-refractivity contribution in [2.24, 2.45) is 0 Å². The number of aromatic nitrogens is 1. The zero-order valence-corrected chi connectivity index (χ0v) is 10.2. The minimum absolute atomic E-state index is 0.279. The van der Waals surface area contributed by atoms with E-state index in [9.17, 15) is 0 Å². The molecule has 3 rings (SSSR count). The van der Waals surface area contributed by atoms with Gasteiger partial charge in [0.1, 0.15) is 0 Å². The molecule has 2 aromatic rings. The third-order valence-electron chi connectivity index (χ3n) is 2.99. The lowest BCUT2D eigenvalue weighted by molar-refractivity contribution is 0.0816. The average molecular weight is 246 g/mol. The lowest BCUT2D eigenvalue weighted by Crippen LogP contribution is -2.29. The van der Waals surface area contributed by atoms with E-state index in [4.69, 9.17) is 4.74 Å². The van der Waals surface area contributed by atoms with Crippen LogP contribution < -0.4 is 5.32 Å². The van der Waals surface area contributed by atoms with Gasteiger partial charge in [-0.05, 0) is 11.1 Å². The van der Waals surface area contributed by atoms with Crippen LogP contribution in [0.1, 0.15) is 22.9 Å². The zero-order chi connectivity index (χ0) is 11.5. The molecule has 1 aromatic carbocycles. The van der Waals surface area contributed by atoms with Crippen LogP contribution in [0.3, 0.4) is 0 Å². The van der Waals surface area contributed by atoms with E-state index in [1.807, 2.05) is 5.51 Å². The highest BCUT2D eigenvalue weighted by Crippen LogP contribution is 2.24. The van der Waals surface area contributed by atoms with Crippen LogP contribution in [-0.4, -0.2) is 11.6 Å². The second kappa shape index (κ2) is 4.96. The molecule has 0 saturated heterocycles. The van der Waals surface area contributed by atoms with Crippen LogP contribution >= 0.6 is 11.3 Å². The topological polar surface area (TPSA) is 34.1 Å². The monoisotopic (exact) mass is 246 g/mol. The SMILES string of the molecule is c1ccc2c(c1)COCC2NCc1cscn1. The molecule has 17 heavy (non-hydrogen) atoms. The van der Waals surface area contributed by atoms with Crippen LogP contribution in [0.4, 0.5) is 0 Å². The molecule has 1 aromatic heterocycles. The van der Waals surface area contributed by atoms with Gasteiger partial charge in [-0.1, -0.05) is 24.3 Å². The summed E-state index contributed by atoms with van der Waals surface area (Å²) in [6.07, 6.45) is 0. The maximum atomic E-state index is 5.60. The molecule has 1 aliphatic heterocycles. The molecule has 88 valence electrons. The molecule has 0 saturated carbocycles. The first kappa shape index (κ1) is 10.9. The number of hydrogen-bond acceptors (Lipinski definition) is 4. The molecule has 0 spiro atoms. The van der Waals surface area contributed by atoms with E-state index >= 15 is 0 Å². The van der Waals surface area contributed by atoms with E-state index < -0.39 is 0 Å². The molecular weight excluding hydrogens is 232 g/mol. The first-order valence-corrected chi connectivity index (χ1v) is 6.64. The Labute approximate surface area is 104 Å². The molecule has 0 fully saturated rings. The Hall–Kier alpha value is -1.23. The van der Waals surface area contributed by atoms with Crippen molar-refractivity contribution in [3.8, 4) is 0 Å². The maximum Gasteiger partial charge on any atom is 0.0795 e. The highest BCUT2D eigenvalue weighted by Gasteiger charge is 2.19. The number of rotatable bonds is 3. The second-order valence-electron chi connectivity index (χ2n) is 4.13. The van der Waals surface area contributed by atoms with E-state index in [2.05, 4.69) is 39.9 Å². The molecule has 1 N–H and O–H groups in total. The van der Waals surface area contributed by atoms with Crippen molar-refractivity contribution in [2.45, 2.75) is 19.2 Å². The Morgan fingerprint density at radius 1 is 1.41 bits per heavy atom.